The number of nitrogens with zero attached hydrogens (tertiary/aromatic N) is 3. The fourth-order valence-electron chi connectivity index (χ4n) is 4.01. The summed E-state index contributed by atoms with van der Waals surface area (Å²) >= 11 is 0. The van der Waals surface area contributed by atoms with Crippen LogP contribution in [-0.2, 0) is 11.3 Å². The molecule has 0 aliphatic carbocycles. The number of para-hydroxylation sites is 1. The number of aromatic nitrogens is 2. The van der Waals surface area contributed by atoms with Crippen LogP contribution in [0.2, 0.25) is 0 Å². The second kappa shape index (κ2) is 9.36. The van der Waals surface area contributed by atoms with E-state index in [1.165, 1.54) is 32.6 Å². The van der Waals surface area contributed by atoms with Gasteiger partial charge in [0.25, 0.3) is 11.5 Å². The average molecular weight is 483 g/mol. The third-order valence-corrected chi connectivity index (χ3v) is 5.73. The molecule has 9 nitrogen and oxygen atoms in total. The molecular weight excluding hydrogens is 455 g/mol. The molecule has 4 rings (SSSR count). The van der Waals surface area contributed by atoms with Crippen LogP contribution in [0.4, 0.5) is 9.18 Å². The number of hydrogen-bond acceptors (Lipinski definition) is 5. The van der Waals surface area contributed by atoms with E-state index < -0.39 is 34.7 Å². The zero-order valence-corrected chi connectivity index (χ0v) is 19.8. The highest BCUT2D eigenvalue weighted by Crippen LogP contribution is 2.18. The molecule has 10 heteroatoms. The molecule has 184 valence electrons. The van der Waals surface area contributed by atoms with E-state index in [9.17, 15) is 23.6 Å². The number of halogens is 1. The molecule has 0 bridgehead atoms. The van der Waals surface area contributed by atoms with Gasteiger partial charge in [-0.2, -0.15) is 0 Å². The lowest BCUT2D eigenvalue weighted by Gasteiger charge is -2.35. The van der Waals surface area contributed by atoms with Gasteiger partial charge in [-0.25, -0.2) is 14.0 Å². The highest BCUT2D eigenvalue weighted by Gasteiger charge is 2.29. The molecule has 0 unspecified atom stereocenters. The lowest BCUT2D eigenvalue weighted by atomic mass is 10.1. The summed E-state index contributed by atoms with van der Waals surface area (Å²) in [6, 6.07) is 10.8. The number of carbonyl (C=O) groups excluding carboxylic acids is 2. The fourth-order valence-corrected chi connectivity index (χ4v) is 4.01. The van der Waals surface area contributed by atoms with Crippen LogP contribution in [0.1, 0.15) is 36.7 Å². The van der Waals surface area contributed by atoms with Gasteiger partial charge in [0.2, 0.25) is 0 Å². The number of nitrogens with one attached hydrogen (secondary N) is 1. The van der Waals surface area contributed by atoms with Gasteiger partial charge in [-0.3, -0.25) is 19.1 Å². The zero-order chi connectivity index (χ0) is 25.3. The lowest BCUT2D eigenvalue weighted by molar-refractivity contribution is 0.0140. The van der Waals surface area contributed by atoms with Gasteiger partial charge in [0.15, 0.2) is 0 Å². The van der Waals surface area contributed by atoms with Crippen LogP contribution < -0.4 is 11.2 Å². The third kappa shape index (κ3) is 5.26. The summed E-state index contributed by atoms with van der Waals surface area (Å²) in [4.78, 5) is 55.2. The van der Waals surface area contributed by atoms with E-state index in [1.807, 2.05) is 0 Å². The summed E-state index contributed by atoms with van der Waals surface area (Å²) < 4.78 is 21.4. The molecule has 1 saturated heterocycles. The lowest BCUT2D eigenvalue weighted by Crippen LogP contribution is -2.51. The van der Waals surface area contributed by atoms with E-state index in [-0.39, 0.29) is 38.3 Å². The van der Waals surface area contributed by atoms with Crippen molar-refractivity contribution in [1.29, 1.82) is 0 Å². The van der Waals surface area contributed by atoms with Gasteiger partial charge in [0.05, 0.1) is 23.0 Å². The van der Waals surface area contributed by atoms with Crippen molar-refractivity contribution in [2.24, 2.45) is 0 Å². The Balaban J connectivity index is 1.53. The Labute approximate surface area is 200 Å². The van der Waals surface area contributed by atoms with Gasteiger partial charge in [0.1, 0.15) is 11.4 Å². The van der Waals surface area contributed by atoms with Crippen LogP contribution in [0.15, 0.2) is 52.1 Å². The van der Waals surface area contributed by atoms with Crippen molar-refractivity contribution in [2.75, 3.05) is 26.2 Å². The molecule has 2 amide bonds. The molecule has 1 fully saturated rings. The first-order valence-corrected chi connectivity index (χ1v) is 11.3. The standard InChI is InChI=1S/C25H27FN4O5/c1-25(2,3)35-24(34)29-12-10-28(11-13-29)22(32)18-14-16(8-9-19(18)26)15-30-20-7-5-4-6-17(20)21(31)27-23(30)33/h4-9,14H,10-13,15H2,1-3H3,(H,27,31,33). The Morgan fingerprint density at radius 2 is 1.66 bits per heavy atom. The van der Waals surface area contributed by atoms with Crippen LogP contribution >= 0.6 is 0 Å². The largest absolute Gasteiger partial charge is 0.444 e. The van der Waals surface area contributed by atoms with Crippen molar-refractivity contribution in [3.05, 3.63) is 80.2 Å². The summed E-state index contributed by atoms with van der Waals surface area (Å²) in [7, 11) is 0. The van der Waals surface area contributed by atoms with E-state index >= 15 is 0 Å². The van der Waals surface area contributed by atoms with Crippen molar-refractivity contribution in [2.45, 2.75) is 32.9 Å². The summed E-state index contributed by atoms with van der Waals surface area (Å²) in [5, 5.41) is 0.355. The Hall–Kier alpha value is -3.95. The van der Waals surface area contributed by atoms with Gasteiger partial charge in [-0.1, -0.05) is 18.2 Å². The first-order valence-electron chi connectivity index (χ1n) is 11.3. The first-order chi connectivity index (χ1) is 16.5. The van der Waals surface area contributed by atoms with Crippen molar-refractivity contribution < 1.29 is 18.7 Å². The van der Waals surface area contributed by atoms with Crippen molar-refractivity contribution in [3.8, 4) is 0 Å². The maximum Gasteiger partial charge on any atom is 0.410 e. The predicted octanol–water partition coefficient (Wildman–Crippen LogP) is 2.57. The Morgan fingerprint density at radius 3 is 2.34 bits per heavy atom. The molecule has 2 aromatic carbocycles. The summed E-state index contributed by atoms with van der Waals surface area (Å²) in [5.41, 5.74) is -0.841. The number of ether oxygens (including phenoxy) is 1. The molecule has 2 heterocycles. The number of rotatable bonds is 3. The van der Waals surface area contributed by atoms with E-state index in [0.29, 0.717) is 16.5 Å². The van der Waals surface area contributed by atoms with Gasteiger partial charge in [0, 0.05) is 26.2 Å². The molecule has 0 radical (unpaired) electrons. The number of benzene rings is 2. The number of carbonyl (C=O) groups is 2. The third-order valence-electron chi connectivity index (χ3n) is 5.73. The summed E-state index contributed by atoms with van der Waals surface area (Å²) in [5.74, 6) is -1.17. The molecule has 1 N–H and O–H groups in total. The maximum atomic E-state index is 14.6. The SMILES string of the molecule is CC(C)(C)OC(=O)N1CCN(C(=O)c2cc(Cn3c(=O)[nH]c(=O)c4ccccc43)ccc2F)CC1. The molecule has 1 aromatic heterocycles. The summed E-state index contributed by atoms with van der Waals surface area (Å²) in [6.45, 7) is 6.43. The molecule has 0 saturated carbocycles. The predicted molar refractivity (Wildman–Crippen MR) is 128 cm³/mol. The van der Waals surface area contributed by atoms with Crippen molar-refractivity contribution >= 4 is 22.9 Å². The van der Waals surface area contributed by atoms with Gasteiger partial charge < -0.3 is 14.5 Å². The van der Waals surface area contributed by atoms with Crippen LogP contribution in [-0.4, -0.2) is 63.1 Å². The van der Waals surface area contributed by atoms with E-state index in [0.717, 1.165) is 0 Å². The monoisotopic (exact) mass is 482 g/mol. The quantitative estimate of drug-likeness (QED) is 0.618. The molecule has 0 spiro atoms. The normalized spacial score (nSPS) is 14.3. The second-order valence-electron chi connectivity index (χ2n) is 9.44. The number of piperazine rings is 1. The fraction of sp³-hybridized carbons (Fsp3) is 0.360. The maximum absolute atomic E-state index is 14.6. The molecule has 35 heavy (non-hydrogen) atoms. The average Bonchev–Trinajstić information content (AvgIpc) is 2.81. The first kappa shape index (κ1) is 24.2. The van der Waals surface area contributed by atoms with E-state index in [2.05, 4.69) is 4.98 Å². The second-order valence-corrected chi connectivity index (χ2v) is 9.44. The molecular formula is C25H27FN4O5. The van der Waals surface area contributed by atoms with E-state index in [1.54, 1.807) is 45.0 Å². The van der Waals surface area contributed by atoms with Crippen molar-refractivity contribution in [3.63, 3.8) is 0 Å². The van der Waals surface area contributed by atoms with Crippen molar-refractivity contribution in [1.82, 2.24) is 19.4 Å². The van der Waals surface area contributed by atoms with Crippen LogP contribution in [0.5, 0.6) is 0 Å². The van der Waals surface area contributed by atoms with Gasteiger partial charge >= 0.3 is 11.8 Å². The van der Waals surface area contributed by atoms with Gasteiger partial charge in [-0.15, -0.1) is 0 Å². The van der Waals surface area contributed by atoms with Crippen LogP contribution in [0.3, 0.4) is 0 Å². The highest BCUT2D eigenvalue weighted by atomic mass is 19.1. The Kier molecular flexibility index (Phi) is 6.47. The highest BCUT2D eigenvalue weighted by molar-refractivity contribution is 5.95. The number of aromatic amines is 1. The number of H-pyrrole nitrogens is 1. The Morgan fingerprint density at radius 1 is 1.00 bits per heavy atom. The number of fused-ring (bicyclic) bond motifs is 1. The minimum atomic E-state index is -0.674. The van der Waals surface area contributed by atoms with Crippen LogP contribution in [0.25, 0.3) is 10.9 Å². The molecule has 3 aromatic rings. The topological polar surface area (TPSA) is 105 Å². The molecule has 0 atom stereocenters. The number of amides is 2. The summed E-state index contributed by atoms with van der Waals surface area (Å²) in [6.07, 6.45) is -0.448. The zero-order valence-electron chi connectivity index (χ0n) is 19.8. The Bertz CT molecular complexity index is 1400. The van der Waals surface area contributed by atoms with E-state index in [4.69, 9.17) is 4.74 Å². The minimum Gasteiger partial charge on any atom is -0.444 e. The molecule has 1 aliphatic rings. The van der Waals surface area contributed by atoms with Gasteiger partial charge in [-0.05, 0) is 50.6 Å². The minimum absolute atomic E-state index is 0.0448. The van der Waals surface area contributed by atoms with Crippen LogP contribution in [0, 0.1) is 5.82 Å². The smallest absolute Gasteiger partial charge is 0.410 e. The number of hydrogen-bond donors (Lipinski definition) is 1. The molecule has 1 aliphatic heterocycles.